The van der Waals surface area contributed by atoms with Gasteiger partial charge in [0.15, 0.2) is 0 Å². The molecule has 0 saturated carbocycles. The highest BCUT2D eigenvalue weighted by Gasteiger charge is 2.49. The number of likely N-dealkylation sites (tertiary alicyclic amines) is 1. The van der Waals surface area contributed by atoms with Crippen LogP contribution < -0.4 is 0 Å². The number of hydrogen-bond acceptors (Lipinski definition) is 5. The lowest BCUT2D eigenvalue weighted by Gasteiger charge is -2.43. The largest absolute Gasteiger partial charge is 0.469 e. The predicted molar refractivity (Wildman–Crippen MR) is 94.3 cm³/mol. The van der Waals surface area contributed by atoms with Crippen LogP contribution in [0.25, 0.3) is 0 Å². The van der Waals surface area contributed by atoms with Crippen molar-refractivity contribution >= 4 is 5.91 Å². The smallest absolute Gasteiger partial charge is 0.230 e. The third-order valence-electron chi connectivity index (χ3n) is 5.43. The molecule has 2 atom stereocenters. The van der Waals surface area contributed by atoms with Gasteiger partial charge < -0.3 is 18.8 Å². The van der Waals surface area contributed by atoms with Gasteiger partial charge in [0.25, 0.3) is 0 Å². The fraction of sp³-hybridized carbons (Fsp3) is 0.500. The Kier molecular flexibility index (Phi) is 5.04. The van der Waals surface area contributed by atoms with Crippen molar-refractivity contribution in [3.05, 3.63) is 54.2 Å². The standard InChI is InChI=1S/C20H24N2O4/c23-19(12-17-2-1-10-25-17)22-9-5-18-20(14-22,6-11-26-18)15-24-13-16-3-7-21-8-4-16/h1-4,7-8,10,18H,5-6,9,11-15H2/t18-,20+/m1/s1. The number of pyridine rings is 1. The Bertz CT molecular complexity index is 719. The van der Waals surface area contributed by atoms with E-state index < -0.39 is 0 Å². The lowest BCUT2D eigenvalue weighted by Crippen LogP contribution is -2.53. The Morgan fingerprint density at radius 2 is 2.23 bits per heavy atom. The third-order valence-corrected chi connectivity index (χ3v) is 5.43. The first-order valence-electron chi connectivity index (χ1n) is 9.14. The molecule has 0 radical (unpaired) electrons. The maximum Gasteiger partial charge on any atom is 0.230 e. The van der Waals surface area contributed by atoms with Gasteiger partial charge >= 0.3 is 0 Å². The number of hydrogen-bond donors (Lipinski definition) is 0. The summed E-state index contributed by atoms with van der Waals surface area (Å²) < 4.78 is 17.3. The van der Waals surface area contributed by atoms with E-state index in [9.17, 15) is 4.79 Å². The molecule has 0 bridgehead atoms. The second-order valence-electron chi connectivity index (χ2n) is 7.18. The molecule has 2 fully saturated rings. The average molecular weight is 356 g/mol. The highest BCUT2D eigenvalue weighted by Crippen LogP contribution is 2.41. The van der Waals surface area contributed by atoms with E-state index in [1.54, 1.807) is 18.7 Å². The zero-order chi connectivity index (χ0) is 17.8. The molecule has 138 valence electrons. The van der Waals surface area contributed by atoms with Crippen molar-refractivity contribution in [3.63, 3.8) is 0 Å². The summed E-state index contributed by atoms with van der Waals surface area (Å²) in [6.45, 7) is 3.31. The number of furan rings is 1. The molecule has 4 rings (SSSR count). The summed E-state index contributed by atoms with van der Waals surface area (Å²) in [5.74, 6) is 0.821. The first-order chi connectivity index (χ1) is 12.8. The molecule has 2 aliphatic heterocycles. The average Bonchev–Trinajstić information content (AvgIpc) is 3.31. The molecular weight excluding hydrogens is 332 g/mol. The summed E-state index contributed by atoms with van der Waals surface area (Å²) in [6, 6.07) is 7.58. The van der Waals surface area contributed by atoms with Crippen molar-refractivity contribution in [1.82, 2.24) is 9.88 Å². The van der Waals surface area contributed by atoms with E-state index in [2.05, 4.69) is 4.98 Å². The fourth-order valence-electron chi connectivity index (χ4n) is 3.99. The first kappa shape index (κ1) is 17.2. The van der Waals surface area contributed by atoms with Gasteiger partial charge in [0.1, 0.15) is 5.76 Å². The summed E-state index contributed by atoms with van der Waals surface area (Å²) >= 11 is 0. The highest BCUT2D eigenvalue weighted by atomic mass is 16.5. The van der Waals surface area contributed by atoms with E-state index in [1.807, 2.05) is 29.2 Å². The van der Waals surface area contributed by atoms with Gasteiger partial charge in [-0.2, -0.15) is 0 Å². The number of aromatic nitrogens is 1. The van der Waals surface area contributed by atoms with Crippen molar-refractivity contribution in [2.45, 2.75) is 32.0 Å². The van der Waals surface area contributed by atoms with Crippen molar-refractivity contribution in [3.8, 4) is 0 Å². The number of nitrogens with zero attached hydrogens (tertiary/aromatic N) is 2. The molecule has 0 N–H and O–H groups in total. The predicted octanol–water partition coefficient (Wildman–Crippen LogP) is 2.44. The first-order valence-corrected chi connectivity index (χ1v) is 9.14. The number of fused-ring (bicyclic) bond motifs is 1. The van der Waals surface area contributed by atoms with E-state index in [-0.39, 0.29) is 17.4 Å². The number of carbonyl (C=O) groups is 1. The zero-order valence-electron chi connectivity index (χ0n) is 14.8. The van der Waals surface area contributed by atoms with Gasteiger partial charge in [0, 0.05) is 37.5 Å². The van der Waals surface area contributed by atoms with Gasteiger partial charge in [-0.15, -0.1) is 0 Å². The van der Waals surface area contributed by atoms with E-state index in [4.69, 9.17) is 13.9 Å². The van der Waals surface area contributed by atoms with Crippen LogP contribution in [0.1, 0.15) is 24.2 Å². The van der Waals surface area contributed by atoms with Crippen LogP contribution in [0.4, 0.5) is 0 Å². The maximum absolute atomic E-state index is 12.7. The zero-order valence-corrected chi connectivity index (χ0v) is 14.8. The molecule has 26 heavy (non-hydrogen) atoms. The lowest BCUT2D eigenvalue weighted by atomic mass is 9.77. The maximum atomic E-state index is 12.7. The van der Waals surface area contributed by atoms with Gasteiger partial charge in [-0.05, 0) is 42.7 Å². The fourth-order valence-corrected chi connectivity index (χ4v) is 3.99. The molecule has 0 spiro atoms. The van der Waals surface area contributed by atoms with E-state index >= 15 is 0 Å². The van der Waals surface area contributed by atoms with Gasteiger partial charge in [-0.3, -0.25) is 9.78 Å². The van der Waals surface area contributed by atoms with Gasteiger partial charge in [-0.1, -0.05) is 0 Å². The van der Waals surface area contributed by atoms with Crippen LogP contribution in [0, 0.1) is 5.41 Å². The van der Waals surface area contributed by atoms with Gasteiger partial charge in [0.05, 0.1) is 32.0 Å². The third kappa shape index (κ3) is 3.66. The molecule has 6 nitrogen and oxygen atoms in total. The molecule has 2 saturated heterocycles. The second kappa shape index (κ2) is 7.60. The SMILES string of the molecule is O=C(Cc1ccco1)N1CC[C@H]2OCC[C@@]2(COCc2ccncc2)C1. The van der Waals surface area contributed by atoms with Crippen LogP contribution in [0.3, 0.4) is 0 Å². The van der Waals surface area contributed by atoms with Crippen LogP contribution in [0.5, 0.6) is 0 Å². The molecular formula is C20H24N2O4. The Hall–Kier alpha value is -2.18. The Labute approximate surface area is 153 Å². The molecule has 6 heteroatoms. The number of piperidine rings is 1. The summed E-state index contributed by atoms with van der Waals surface area (Å²) in [5, 5.41) is 0. The van der Waals surface area contributed by atoms with E-state index in [0.717, 1.165) is 31.6 Å². The minimum absolute atomic E-state index is 0.107. The molecule has 2 aromatic rings. The molecule has 1 amide bonds. The number of ether oxygens (including phenoxy) is 2. The number of amides is 1. The Morgan fingerprint density at radius 1 is 1.35 bits per heavy atom. The minimum atomic E-state index is -0.107. The summed E-state index contributed by atoms with van der Waals surface area (Å²) in [6.07, 6.45) is 7.43. The summed E-state index contributed by atoms with van der Waals surface area (Å²) in [7, 11) is 0. The molecule has 2 aromatic heterocycles. The normalized spacial score (nSPS) is 25.2. The van der Waals surface area contributed by atoms with Crippen LogP contribution in [0.2, 0.25) is 0 Å². The van der Waals surface area contributed by atoms with Crippen molar-refractivity contribution < 1.29 is 18.7 Å². The van der Waals surface area contributed by atoms with Crippen molar-refractivity contribution in [2.24, 2.45) is 5.41 Å². The Balaban J connectivity index is 1.38. The van der Waals surface area contributed by atoms with Crippen LogP contribution in [-0.2, 0) is 27.3 Å². The lowest BCUT2D eigenvalue weighted by molar-refractivity contribution is -0.139. The van der Waals surface area contributed by atoms with Crippen LogP contribution in [0.15, 0.2) is 47.3 Å². The van der Waals surface area contributed by atoms with Gasteiger partial charge in [-0.25, -0.2) is 0 Å². The summed E-state index contributed by atoms with van der Waals surface area (Å²) in [4.78, 5) is 18.6. The topological polar surface area (TPSA) is 64.8 Å². The second-order valence-corrected chi connectivity index (χ2v) is 7.18. The molecule has 0 aromatic carbocycles. The minimum Gasteiger partial charge on any atom is -0.469 e. The highest BCUT2D eigenvalue weighted by molar-refractivity contribution is 5.78. The number of carbonyl (C=O) groups excluding carboxylic acids is 1. The summed E-state index contributed by atoms with van der Waals surface area (Å²) in [5.41, 5.74) is 0.998. The van der Waals surface area contributed by atoms with Crippen LogP contribution >= 0.6 is 0 Å². The Morgan fingerprint density at radius 3 is 3.04 bits per heavy atom. The van der Waals surface area contributed by atoms with Crippen LogP contribution in [-0.4, -0.2) is 48.2 Å². The molecule has 4 heterocycles. The monoisotopic (exact) mass is 356 g/mol. The number of rotatable bonds is 6. The quantitative estimate of drug-likeness (QED) is 0.795. The molecule has 0 aliphatic carbocycles. The van der Waals surface area contributed by atoms with Crippen molar-refractivity contribution in [1.29, 1.82) is 0 Å². The van der Waals surface area contributed by atoms with Gasteiger partial charge in [0.2, 0.25) is 5.91 Å². The van der Waals surface area contributed by atoms with Crippen molar-refractivity contribution in [2.75, 3.05) is 26.3 Å². The molecule has 0 unspecified atom stereocenters. The molecule has 2 aliphatic rings. The van der Waals surface area contributed by atoms with E-state index in [0.29, 0.717) is 31.9 Å². The van der Waals surface area contributed by atoms with E-state index in [1.165, 1.54) is 0 Å².